The van der Waals surface area contributed by atoms with E-state index in [9.17, 15) is 9.90 Å². The summed E-state index contributed by atoms with van der Waals surface area (Å²) in [6.45, 7) is 9.35. The Labute approximate surface area is 105 Å². The van der Waals surface area contributed by atoms with Crippen LogP contribution in [0, 0.1) is 0 Å². The molecule has 1 unspecified atom stereocenters. The molecule has 4 nitrogen and oxygen atoms in total. The molecule has 0 aromatic rings. The van der Waals surface area contributed by atoms with E-state index in [1.54, 1.807) is 6.92 Å². The molecule has 17 heavy (non-hydrogen) atoms. The van der Waals surface area contributed by atoms with Gasteiger partial charge >= 0.3 is 5.97 Å². The zero-order valence-corrected chi connectivity index (χ0v) is 11.9. The fourth-order valence-corrected chi connectivity index (χ4v) is 2.06. The van der Waals surface area contributed by atoms with Gasteiger partial charge in [0.1, 0.15) is 5.54 Å². The van der Waals surface area contributed by atoms with Gasteiger partial charge in [-0.25, -0.2) is 0 Å². The topological polar surface area (TPSA) is 52.6 Å². The second-order valence-corrected chi connectivity index (χ2v) is 5.38. The third kappa shape index (κ3) is 6.64. The van der Waals surface area contributed by atoms with Crippen molar-refractivity contribution in [1.82, 2.24) is 10.2 Å². The predicted molar refractivity (Wildman–Crippen MR) is 71.3 cm³/mol. The highest BCUT2D eigenvalue weighted by atomic mass is 16.4. The van der Waals surface area contributed by atoms with Crippen molar-refractivity contribution in [1.29, 1.82) is 0 Å². The van der Waals surface area contributed by atoms with Gasteiger partial charge < -0.3 is 10.0 Å². The normalized spacial score (nSPS) is 15.2. The molecule has 0 saturated heterocycles. The van der Waals surface area contributed by atoms with E-state index in [2.05, 4.69) is 17.1 Å². The Kier molecular flexibility index (Phi) is 7.39. The van der Waals surface area contributed by atoms with E-state index in [-0.39, 0.29) is 6.04 Å². The fourth-order valence-electron chi connectivity index (χ4n) is 2.06. The molecule has 2 N–H and O–H groups in total. The third-order valence-electron chi connectivity index (χ3n) is 2.81. The van der Waals surface area contributed by atoms with Crippen molar-refractivity contribution in [3.8, 4) is 0 Å². The fraction of sp³-hybridized carbons (Fsp3) is 0.923. The lowest BCUT2D eigenvalue weighted by atomic mass is 10.0. The van der Waals surface area contributed by atoms with E-state index in [4.69, 9.17) is 0 Å². The second kappa shape index (κ2) is 7.67. The molecule has 0 aromatic carbocycles. The number of unbranched alkanes of at least 4 members (excludes halogenated alkanes) is 2. The number of hydrogen-bond acceptors (Lipinski definition) is 3. The smallest absolute Gasteiger partial charge is 0.324 e. The molecule has 0 aliphatic heterocycles. The van der Waals surface area contributed by atoms with E-state index in [0.29, 0.717) is 6.54 Å². The lowest BCUT2D eigenvalue weighted by molar-refractivity contribution is -0.145. The predicted octanol–water partition coefficient (Wildman–Crippen LogP) is 1.95. The molecule has 1 atom stereocenters. The van der Waals surface area contributed by atoms with Crippen molar-refractivity contribution in [2.24, 2.45) is 0 Å². The lowest BCUT2D eigenvalue weighted by Crippen LogP contribution is -2.58. The molecule has 0 amide bonds. The molecule has 0 rings (SSSR count). The quantitative estimate of drug-likeness (QED) is 0.609. The van der Waals surface area contributed by atoms with Crippen molar-refractivity contribution >= 4 is 5.97 Å². The SMILES string of the molecule is CCCCCN(C)CC(C)(NC(C)C)C(=O)O. The minimum atomic E-state index is -0.866. The van der Waals surface area contributed by atoms with Crippen molar-refractivity contribution < 1.29 is 9.90 Å². The van der Waals surface area contributed by atoms with Gasteiger partial charge in [-0.2, -0.15) is 0 Å². The van der Waals surface area contributed by atoms with Crippen LogP contribution in [0.25, 0.3) is 0 Å². The van der Waals surface area contributed by atoms with E-state index >= 15 is 0 Å². The van der Waals surface area contributed by atoms with E-state index in [1.165, 1.54) is 12.8 Å². The monoisotopic (exact) mass is 244 g/mol. The Morgan fingerprint density at radius 3 is 2.41 bits per heavy atom. The Balaban J connectivity index is 4.28. The first-order valence-corrected chi connectivity index (χ1v) is 6.51. The minimum absolute atomic E-state index is 0.167. The van der Waals surface area contributed by atoms with Gasteiger partial charge in [0.15, 0.2) is 0 Å². The summed E-state index contributed by atoms with van der Waals surface area (Å²) in [7, 11) is 1.98. The second-order valence-electron chi connectivity index (χ2n) is 5.38. The number of aliphatic carboxylic acids is 1. The van der Waals surface area contributed by atoms with Crippen molar-refractivity contribution in [2.45, 2.75) is 58.5 Å². The molecule has 0 aliphatic carbocycles. The van der Waals surface area contributed by atoms with Gasteiger partial charge in [-0.05, 0) is 40.8 Å². The first-order valence-electron chi connectivity index (χ1n) is 6.51. The number of rotatable bonds is 9. The molecule has 0 heterocycles. The number of nitrogens with one attached hydrogen (secondary N) is 1. The summed E-state index contributed by atoms with van der Waals surface area (Å²) >= 11 is 0. The van der Waals surface area contributed by atoms with E-state index in [1.807, 2.05) is 20.9 Å². The van der Waals surface area contributed by atoms with Crippen LogP contribution in [0.5, 0.6) is 0 Å². The highest BCUT2D eigenvalue weighted by Gasteiger charge is 2.34. The zero-order chi connectivity index (χ0) is 13.5. The van der Waals surface area contributed by atoms with Crippen LogP contribution in [0.1, 0.15) is 47.0 Å². The lowest BCUT2D eigenvalue weighted by Gasteiger charge is -2.32. The molecule has 0 saturated carbocycles. The number of carboxylic acids is 1. The molecule has 4 heteroatoms. The highest BCUT2D eigenvalue weighted by Crippen LogP contribution is 2.09. The van der Waals surface area contributed by atoms with Gasteiger partial charge in [-0.1, -0.05) is 19.8 Å². The van der Waals surface area contributed by atoms with Crippen molar-refractivity contribution in [3.63, 3.8) is 0 Å². The Bertz CT molecular complexity index is 231. The van der Waals surface area contributed by atoms with Crippen LogP contribution in [-0.2, 0) is 4.79 Å². The molecule has 0 aliphatic rings. The van der Waals surface area contributed by atoms with Crippen LogP contribution in [0.3, 0.4) is 0 Å². The summed E-state index contributed by atoms with van der Waals surface area (Å²) in [5, 5.41) is 12.4. The van der Waals surface area contributed by atoms with Gasteiger partial charge in [0, 0.05) is 12.6 Å². The van der Waals surface area contributed by atoms with Crippen LogP contribution < -0.4 is 5.32 Å². The van der Waals surface area contributed by atoms with Crippen LogP contribution in [0.15, 0.2) is 0 Å². The van der Waals surface area contributed by atoms with Crippen LogP contribution >= 0.6 is 0 Å². The van der Waals surface area contributed by atoms with Crippen molar-refractivity contribution in [2.75, 3.05) is 20.1 Å². The van der Waals surface area contributed by atoms with E-state index < -0.39 is 11.5 Å². The maximum atomic E-state index is 11.3. The Morgan fingerprint density at radius 2 is 2.00 bits per heavy atom. The van der Waals surface area contributed by atoms with Crippen LogP contribution in [0.4, 0.5) is 0 Å². The molecular formula is C13H28N2O2. The molecule has 0 radical (unpaired) electrons. The summed E-state index contributed by atoms with van der Waals surface area (Å²) in [4.78, 5) is 13.4. The first kappa shape index (κ1) is 16.4. The van der Waals surface area contributed by atoms with Gasteiger partial charge in [-0.15, -0.1) is 0 Å². The summed E-state index contributed by atoms with van der Waals surface area (Å²) in [6.07, 6.45) is 3.52. The summed E-state index contributed by atoms with van der Waals surface area (Å²) in [5.41, 5.74) is -0.866. The minimum Gasteiger partial charge on any atom is -0.480 e. The Hall–Kier alpha value is -0.610. The van der Waals surface area contributed by atoms with Crippen molar-refractivity contribution in [3.05, 3.63) is 0 Å². The van der Waals surface area contributed by atoms with Crippen LogP contribution in [0.2, 0.25) is 0 Å². The highest BCUT2D eigenvalue weighted by molar-refractivity contribution is 5.78. The molecule has 0 bridgehead atoms. The molecule has 0 fully saturated rings. The molecular weight excluding hydrogens is 216 g/mol. The number of carbonyl (C=O) groups is 1. The summed E-state index contributed by atoms with van der Waals surface area (Å²) < 4.78 is 0. The molecule has 102 valence electrons. The van der Waals surface area contributed by atoms with Crippen LogP contribution in [-0.4, -0.2) is 47.7 Å². The summed E-state index contributed by atoms with van der Waals surface area (Å²) in [6, 6.07) is 0.167. The summed E-state index contributed by atoms with van der Waals surface area (Å²) in [5.74, 6) is -0.784. The molecule has 0 spiro atoms. The number of nitrogens with zero attached hydrogens (tertiary/aromatic N) is 1. The van der Waals surface area contributed by atoms with Gasteiger partial charge in [0.2, 0.25) is 0 Å². The number of likely N-dealkylation sites (N-methyl/N-ethyl adjacent to an activating group) is 1. The maximum absolute atomic E-state index is 11.3. The standard InChI is InChI=1S/C13H28N2O2/c1-6-7-8-9-15(5)10-13(4,12(16)17)14-11(2)3/h11,14H,6-10H2,1-5H3,(H,16,17). The zero-order valence-electron chi connectivity index (χ0n) is 11.9. The van der Waals surface area contributed by atoms with E-state index in [0.717, 1.165) is 13.0 Å². The third-order valence-corrected chi connectivity index (χ3v) is 2.81. The van der Waals surface area contributed by atoms with Gasteiger partial charge in [0.05, 0.1) is 0 Å². The maximum Gasteiger partial charge on any atom is 0.324 e. The Morgan fingerprint density at radius 1 is 1.41 bits per heavy atom. The largest absolute Gasteiger partial charge is 0.480 e. The average molecular weight is 244 g/mol. The number of hydrogen-bond donors (Lipinski definition) is 2. The van der Waals surface area contributed by atoms with Gasteiger partial charge in [-0.3, -0.25) is 10.1 Å². The van der Waals surface area contributed by atoms with Gasteiger partial charge in [0.25, 0.3) is 0 Å². The molecule has 0 aromatic heterocycles. The first-order chi connectivity index (χ1) is 7.81. The number of carboxylic acid groups (broad SMARTS) is 1. The average Bonchev–Trinajstić information content (AvgIpc) is 2.16.